The Labute approximate surface area is 95.5 Å². The van der Waals surface area contributed by atoms with Gasteiger partial charge in [-0.2, -0.15) is 5.10 Å². The number of carboxylic acids is 1. The molecule has 1 N–H and O–H groups in total. The summed E-state index contributed by atoms with van der Waals surface area (Å²) in [4.78, 5) is 18.5. The second-order valence-electron chi connectivity index (χ2n) is 3.06. The molecule has 0 fully saturated rings. The minimum Gasteiger partial charge on any atom is -0.478 e. The van der Waals surface area contributed by atoms with Crippen LogP contribution in [0, 0.1) is 6.92 Å². The standard InChI is InChI=1S/C9H7ClN4O2/c1-5-6(9(15)16)3-13-14(5)8-2-7(10)11-4-12-8/h2-4H,1H3,(H,15,16). The van der Waals surface area contributed by atoms with Crippen molar-refractivity contribution in [3.63, 3.8) is 0 Å². The smallest absolute Gasteiger partial charge is 0.339 e. The number of carbonyl (C=O) groups is 1. The first-order valence-corrected chi connectivity index (χ1v) is 4.73. The second kappa shape index (κ2) is 3.90. The van der Waals surface area contributed by atoms with Crippen molar-refractivity contribution in [3.05, 3.63) is 35.0 Å². The van der Waals surface area contributed by atoms with Crippen LogP contribution in [0.3, 0.4) is 0 Å². The van der Waals surface area contributed by atoms with Crippen LogP contribution in [0.25, 0.3) is 5.82 Å². The third-order valence-corrected chi connectivity index (χ3v) is 2.28. The summed E-state index contributed by atoms with van der Waals surface area (Å²) in [6, 6.07) is 1.51. The first-order chi connectivity index (χ1) is 7.59. The van der Waals surface area contributed by atoms with Gasteiger partial charge in [0.2, 0.25) is 0 Å². The van der Waals surface area contributed by atoms with E-state index in [2.05, 4.69) is 15.1 Å². The summed E-state index contributed by atoms with van der Waals surface area (Å²) in [5.74, 6) is -0.589. The first kappa shape index (κ1) is 10.6. The van der Waals surface area contributed by atoms with Crippen molar-refractivity contribution in [2.24, 2.45) is 0 Å². The Morgan fingerprint density at radius 3 is 2.81 bits per heavy atom. The molecule has 0 bridgehead atoms. The fraction of sp³-hybridized carbons (Fsp3) is 0.111. The molecule has 6 nitrogen and oxygen atoms in total. The number of hydrogen-bond donors (Lipinski definition) is 1. The number of nitrogens with zero attached hydrogens (tertiary/aromatic N) is 4. The molecule has 0 spiro atoms. The van der Waals surface area contributed by atoms with Gasteiger partial charge in [-0.3, -0.25) is 0 Å². The van der Waals surface area contributed by atoms with E-state index in [0.29, 0.717) is 11.5 Å². The van der Waals surface area contributed by atoms with Crippen LogP contribution in [-0.4, -0.2) is 30.8 Å². The van der Waals surface area contributed by atoms with E-state index in [1.165, 1.54) is 23.3 Å². The zero-order valence-corrected chi connectivity index (χ0v) is 9.01. The van der Waals surface area contributed by atoms with Crippen molar-refractivity contribution in [3.8, 4) is 5.82 Å². The van der Waals surface area contributed by atoms with Crippen LogP contribution in [0.4, 0.5) is 0 Å². The summed E-state index contributed by atoms with van der Waals surface area (Å²) < 4.78 is 1.40. The fourth-order valence-corrected chi connectivity index (χ4v) is 1.43. The Bertz CT molecular complexity index is 552. The van der Waals surface area contributed by atoms with E-state index in [1.807, 2.05) is 0 Å². The van der Waals surface area contributed by atoms with Crippen LogP contribution < -0.4 is 0 Å². The number of carboxylic acid groups (broad SMARTS) is 1. The third-order valence-electron chi connectivity index (χ3n) is 2.08. The summed E-state index contributed by atoms with van der Waals surface area (Å²) in [5.41, 5.74) is 0.622. The van der Waals surface area contributed by atoms with Crippen LogP contribution >= 0.6 is 11.6 Å². The molecule has 0 atom stereocenters. The van der Waals surface area contributed by atoms with Crippen molar-refractivity contribution >= 4 is 17.6 Å². The van der Waals surface area contributed by atoms with Gasteiger partial charge < -0.3 is 5.11 Å². The molecule has 0 radical (unpaired) electrons. The Kier molecular flexibility index (Phi) is 2.57. The van der Waals surface area contributed by atoms with Gasteiger partial charge in [-0.05, 0) is 6.92 Å². The molecule has 0 unspecified atom stereocenters. The van der Waals surface area contributed by atoms with Crippen molar-refractivity contribution < 1.29 is 9.90 Å². The summed E-state index contributed by atoms with van der Waals surface area (Å²) in [6.07, 6.45) is 2.56. The summed E-state index contributed by atoms with van der Waals surface area (Å²) in [7, 11) is 0. The average molecular weight is 239 g/mol. The van der Waals surface area contributed by atoms with Gasteiger partial charge in [-0.1, -0.05) is 11.6 Å². The van der Waals surface area contributed by atoms with E-state index < -0.39 is 5.97 Å². The molecule has 2 aromatic rings. The van der Waals surface area contributed by atoms with E-state index in [4.69, 9.17) is 16.7 Å². The van der Waals surface area contributed by atoms with Gasteiger partial charge in [0.15, 0.2) is 5.82 Å². The first-order valence-electron chi connectivity index (χ1n) is 4.35. The van der Waals surface area contributed by atoms with Crippen molar-refractivity contribution in [1.29, 1.82) is 0 Å². The molecule has 0 aliphatic heterocycles. The van der Waals surface area contributed by atoms with Gasteiger partial charge in [0, 0.05) is 6.07 Å². The molecule has 2 heterocycles. The van der Waals surface area contributed by atoms with Gasteiger partial charge in [0.1, 0.15) is 17.0 Å². The van der Waals surface area contributed by atoms with E-state index >= 15 is 0 Å². The molecular weight excluding hydrogens is 232 g/mol. The van der Waals surface area contributed by atoms with Crippen LogP contribution in [-0.2, 0) is 0 Å². The number of hydrogen-bond acceptors (Lipinski definition) is 4. The van der Waals surface area contributed by atoms with Crippen LogP contribution in [0.15, 0.2) is 18.6 Å². The Morgan fingerprint density at radius 1 is 1.50 bits per heavy atom. The Hall–Kier alpha value is -1.95. The van der Waals surface area contributed by atoms with Gasteiger partial charge >= 0.3 is 5.97 Å². The highest BCUT2D eigenvalue weighted by Crippen LogP contribution is 2.14. The van der Waals surface area contributed by atoms with E-state index in [0.717, 1.165) is 0 Å². The van der Waals surface area contributed by atoms with Gasteiger partial charge in [0.25, 0.3) is 0 Å². The lowest BCUT2D eigenvalue weighted by molar-refractivity contribution is 0.0696. The quantitative estimate of drug-likeness (QED) is 0.798. The summed E-state index contributed by atoms with van der Waals surface area (Å²) in [6.45, 7) is 1.65. The fourth-order valence-electron chi connectivity index (χ4n) is 1.29. The molecule has 2 aromatic heterocycles. The van der Waals surface area contributed by atoms with Gasteiger partial charge in [0.05, 0.1) is 11.9 Å². The molecule has 0 saturated heterocycles. The van der Waals surface area contributed by atoms with Crippen LogP contribution in [0.2, 0.25) is 5.15 Å². The maximum absolute atomic E-state index is 10.8. The maximum atomic E-state index is 10.8. The molecule has 82 valence electrons. The van der Waals surface area contributed by atoms with Crippen molar-refractivity contribution in [2.45, 2.75) is 6.92 Å². The minimum absolute atomic E-state index is 0.134. The zero-order valence-electron chi connectivity index (χ0n) is 8.25. The Balaban J connectivity index is 2.53. The second-order valence-corrected chi connectivity index (χ2v) is 3.45. The van der Waals surface area contributed by atoms with Gasteiger partial charge in [-0.25, -0.2) is 19.4 Å². The van der Waals surface area contributed by atoms with Crippen LogP contribution in [0.1, 0.15) is 16.1 Å². The monoisotopic (exact) mass is 238 g/mol. The lowest BCUT2D eigenvalue weighted by Crippen LogP contribution is -2.04. The normalized spacial score (nSPS) is 10.4. The largest absolute Gasteiger partial charge is 0.478 e. The topological polar surface area (TPSA) is 80.9 Å². The minimum atomic E-state index is -1.02. The lowest BCUT2D eigenvalue weighted by atomic mass is 10.3. The summed E-state index contributed by atoms with van der Waals surface area (Å²) >= 11 is 5.71. The Morgan fingerprint density at radius 2 is 2.25 bits per heavy atom. The highest BCUT2D eigenvalue weighted by Gasteiger charge is 2.14. The predicted octanol–water partition coefficient (Wildman–Crippen LogP) is 1.32. The highest BCUT2D eigenvalue weighted by atomic mass is 35.5. The lowest BCUT2D eigenvalue weighted by Gasteiger charge is -2.02. The zero-order chi connectivity index (χ0) is 11.7. The number of halogens is 1. The number of rotatable bonds is 2. The molecule has 0 saturated carbocycles. The predicted molar refractivity (Wildman–Crippen MR) is 55.9 cm³/mol. The number of aromatic carboxylic acids is 1. The van der Waals surface area contributed by atoms with E-state index in [-0.39, 0.29) is 10.7 Å². The van der Waals surface area contributed by atoms with E-state index in [1.54, 1.807) is 6.92 Å². The maximum Gasteiger partial charge on any atom is 0.339 e. The number of aromatic nitrogens is 4. The SMILES string of the molecule is Cc1c(C(=O)O)cnn1-c1cc(Cl)ncn1. The van der Waals surface area contributed by atoms with Gasteiger partial charge in [-0.15, -0.1) is 0 Å². The average Bonchev–Trinajstić information content (AvgIpc) is 2.60. The third kappa shape index (κ3) is 1.74. The highest BCUT2D eigenvalue weighted by molar-refractivity contribution is 6.29. The molecule has 0 aliphatic rings. The molecular formula is C9H7ClN4O2. The van der Waals surface area contributed by atoms with Crippen molar-refractivity contribution in [2.75, 3.05) is 0 Å². The molecule has 16 heavy (non-hydrogen) atoms. The molecule has 7 heteroatoms. The molecule has 0 aromatic carbocycles. The molecule has 0 amide bonds. The van der Waals surface area contributed by atoms with E-state index in [9.17, 15) is 4.79 Å². The van der Waals surface area contributed by atoms with Crippen molar-refractivity contribution in [1.82, 2.24) is 19.7 Å². The molecule has 0 aliphatic carbocycles. The summed E-state index contributed by atoms with van der Waals surface area (Å²) in [5, 5.41) is 13.1. The molecule has 2 rings (SSSR count). The van der Waals surface area contributed by atoms with Crippen LogP contribution in [0.5, 0.6) is 0 Å².